The van der Waals surface area contributed by atoms with Crippen molar-refractivity contribution in [2.24, 2.45) is 28.6 Å². The molecular formula is C35H50O9. The predicted octanol–water partition coefficient (Wildman–Crippen LogP) is 4.50. The Kier molecular flexibility index (Phi) is 7.04. The number of esters is 1. The van der Waals surface area contributed by atoms with Crippen LogP contribution in [0.3, 0.4) is 0 Å². The summed E-state index contributed by atoms with van der Waals surface area (Å²) in [4.78, 5) is 25.1. The van der Waals surface area contributed by atoms with Crippen molar-refractivity contribution in [3.8, 4) is 0 Å². The number of hydrogen-bond acceptors (Lipinski definition) is 9. The van der Waals surface area contributed by atoms with Crippen LogP contribution in [0.1, 0.15) is 110 Å². The number of hydrogen-bond donors (Lipinski definition) is 2. The zero-order chi connectivity index (χ0) is 30.5. The fraction of sp³-hybridized carbons (Fsp3) is 0.886. The molecule has 5 aliphatic carbocycles. The molecule has 0 unspecified atom stereocenters. The Morgan fingerprint density at radius 1 is 0.955 bits per heavy atom. The number of carbonyl (C=O) groups excluding carboxylic acids is 2. The molecule has 0 radical (unpaired) electrons. The van der Waals surface area contributed by atoms with Crippen LogP contribution in [0, 0.1) is 28.6 Å². The minimum absolute atomic E-state index is 0.0600. The minimum Gasteiger partial charge on any atom is -0.458 e. The zero-order valence-electron chi connectivity index (χ0n) is 26.3. The molecule has 3 heterocycles. The first kappa shape index (κ1) is 30.0. The van der Waals surface area contributed by atoms with Crippen LogP contribution in [0.4, 0.5) is 0 Å². The van der Waals surface area contributed by atoms with Crippen LogP contribution in [0.15, 0.2) is 11.6 Å². The molecule has 244 valence electrons. The largest absolute Gasteiger partial charge is 0.458 e. The van der Waals surface area contributed by atoms with Gasteiger partial charge in [-0.15, -0.1) is 0 Å². The summed E-state index contributed by atoms with van der Waals surface area (Å²) in [5.74, 6) is -0.828. The molecule has 2 saturated heterocycles. The van der Waals surface area contributed by atoms with Gasteiger partial charge in [0.05, 0.1) is 34.9 Å². The first-order chi connectivity index (χ1) is 21.0. The van der Waals surface area contributed by atoms with Crippen molar-refractivity contribution in [1.29, 1.82) is 0 Å². The van der Waals surface area contributed by atoms with Crippen molar-refractivity contribution in [1.82, 2.24) is 0 Å². The third kappa shape index (κ3) is 4.18. The Hall–Kier alpha value is -1.36. The molecule has 1 spiro atoms. The lowest BCUT2D eigenvalue weighted by molar-refractivity contribution is -0.278. The standard InChI is InChI=1S/C35H50O9/c1-21-30-27(43-34(44-30)10-4-3-5-11-34)17-29(41-21)42-23-6-13-32(20-36)25-7-12-31(2)24(22-16-28(37)40-19-22)9-15-35(31,39)26(25)8-14-33(32,38)18-23/h16,20-21,23-27,29-30,38-39H,3-15,17-19H2,1-2H3/t21-,23+,24-,25+,26-,27+,29+,30-,31-,32+,33+,35+/m1/s1. The maximum Gasteiger partial charge on any atom is 0.331 e. The van der Waals surface area contributed by atoms with E-state index in [9.17, 15) is 19.8 Å². The number of aliphatic hydroxyl groups is 2. The summed E-state index contributed by atoms with van der Waals surface area (Å²) < 4.78 is 31.2. The van der Waals surface area contributed by atoms with Gasteiger partial charge in [0, 0.05) is 37.2 Å². The van der Waals surface area contributed by atoms with E-state index in [1.807, 2.05) is 6.92 Å². The highest BCUT2D eigenvalue weighted by atomic mass is 16.8. The highest BCUT2D eigenvalue weighted by Gasteiger charge is 2.71. The lowest BCUT2D eigenvalue weighted by Crippen LogP contribution is -2.69. The molecular weight excluding hydrogens is 564 g/mol. The molecule has 44 heavy (non-hydrogen) atoms. The van der Waals surface area contributed by atoms with Gasteiger partial charge < -0.3 is 38.7 Å². The SMILES string of the molecule is C[C@H]1O[C@@H](O[C@H]2CC[C@]3(C=O)[C@H]4CC[C@]5(C)[C@@H](C6=CC(=O)OC6)CC[C@]5(O)[C@@H]4CC[C@]3(O)C2)C[C@@H]2OC3(CCCCC3)O[C@@H]21. The van der Waals surface area contributed by atoms with E-state index in [-0.39, 0.29) is 53.6 Å². The van der Waals surface area contributed by atoms with E-state index in [1.165, 1.54) is 6.42 Å². The van der Waals surface area contributed by atoms with Gasteiger partial charge in [-0.1, -0.05) is 13.3 Å². The van der Waals surface area contributed by atoms with Crippen LogP contribution >= 0.6 is 0 Å². The van der Waals surface area contributed by atoms with Crippen molar-refractivity contribution in [3.05, 3.63) is 11.6 Å². The van der Waals surface area contributed by atoms with E-state index in [2.05, 4.69) is 6.92 Å². The Bertz CT molecular complexity index is 1210. The minimum atomic E-state index is -1.18. The maximum atomic E-state index is 13.2. The van der Waals surface area contributed by atoms with Gasteiger partial charge >= 0.3 is 5.97 Å². The summed E-state index contributed by atoms with van der Waals surface area (Å²) in [5, 5.41) is 24.8. The Morgan fingerprint density at radius 3 is 2.50 bits per heavy atom. The number of ether oxygens (including phenoxy) is 5. The van der Waals surface area contributed by atoms with Crippen molar-refractivity contribution >= 4 is 12.3 Å². The molecule has 0 aromatic heterocycles. The van der Waals surface area contributed by atoms with Gasteiger partial charge in [-0.05, 0) is 94.5 Å². The van der Waals surface area contributed by atoms with Crippen LogP contribution in [0.25, 0.3) is 0 Å². The Balaban J connectivity index is 0.971. The van der Waals surface area contributed by atoms with E-state index in [1.54, 1.807) is 6.08 Å². The van der Waals surface area contributed by atoms with E-state index in [4.69, 9.17) is 23.7 Å². The Labute approximate surface area is 260 Å². The van der Waals surface area contributed by atoms with Crippen LogP contribution in [-0.2, 0) is 33.3 Å². The van der Waals surface area contributed by atoms with Gasteiger partial charge in [-0.2, -0.15) is 0 Å². The monoisotopic (exact) mass is 614 g/mol. The second kappa shape index (κ2) is 10.3. The lowest BCUT2D eigenvalue weighted by atomic mass is 9.41. The molecule has 0 bridgehead atoms. The number of rotatable bonds is 4. The topological polar surface area (TPSA) is 121 Å². The van der Waals surface area contributed by atoms with Crippen LogP contribution in [-0.4, -0.2) is 76.8 Å². The summed E-state index contributed by atoms with van der Waals surface area (Å²) in [7, 11) is 0. The number of carbonyl (C=O) groups is 2. The normalized spacial score (nSPS) is 52.8. The second-order valence-corrected chi connectivity index (χ2v) is 16.0. The van der Waals surface area contributed by atoms with Crippen molar-refractivity contribution in [2.45, 2.75) is 158 Å². The highest BCUT2D eigenvalue weighted by Crippen LogP contribution is 2.70. The van der Waals surface area contributed by atoms with Crippen molar-refractivity contribution in [3.63, 3.8) is 0 Å². The molecule has 5 saturated carbocycles. The van der Waals surface area contributed by atoms with Gasteiger partial charge in [0.15, 0.2) is 12.1 Å². The fourth-order valence-corrected chi connectivity index (χ4v) is 11.9. The molecule has 3 aliphatic heterocycles. The van der Waals surface area contributed by atoms with E-state index in [0.717, 1.165) is 56.8 Å². The van der Waals surface area contributed by atoms with Gasteiger partial charge in [-0.25, -0.2) is 4.79 Å². The molecule has 8 rings (SSSR count). The fourth-order valence-electron chi connectivity index (χ4n) is 11.9. The smallest absolute Gasteiger partial charge is 0.331 e. The highest BCUT2D eigenvalue weighted by molar-refractivity contribution is 5.85. The maximum absolute atomic E-state index is 13.2. The van der Waals surface area contributed by atoms with Gasteiger partial charge in [0.2, 0.25) is 0 Å². The molecule has 12 atom stereocenters. The van der Waals surface area contributed by atoms with E-state index in [0.29, 0.717) is 51.6 Å². The molecule has 9 heteroatoms. The van der Waals surface area contributed by atoms with Gasteiger partial charge in [0.1, 0.15) is 19.0 Å². The average molecular weight is 615 g/mol. The summed E-state index contributed by atoms with van der Waals surface area (Å²) in [5.41, 5.74) is -2.42. The van der Waals surface area contributed by atoms with Crippen LogP contribution in [0.2, 0.25) is 0 Å². The third-order valence-corrected chi connectivity index (χ3v) is 14.1. The first-order valence-corrected chi connectivity index (χ1v) is 17.5. The summed E-state index contributed by atoms with van der Waals surface area (Å²) >= 11 is 0. The predicted molar refractivity (Wildman–Crippen MR) is 157 cm³/mol. The summed E-state index contributed by atoms with van der Waals surface area (Å²) in [6.45, 7) is 4.52. The summed E-state index contributed by atoms with van der Waals surface area (Å²) in [6.07, 6.45) is 13.4. The van der Waals surface area contributed by atoms with E-state index >= 15 is 0 Å². The zero-order valence-corrected chi connectivity index (χ0v) is 26.3. The summed E-state index contributed by atoms with van der Waals surface area (Å²) in [6, 6.07) is 0. The molecule has 2 N–H and O–H groups in total. The average Bonchev–Trinajstić information content (AvgIpc) is 3.66. The Morgan fingerprint density at radius 2 is 1.75 bits per heavy atom. The van der Waals surface area contributed by atoms with Crippen molar-refractivity contribution < 1.29 is 43.5 Å². The molecule has 8 aliphatic rings. The quantitative estimate of drug-likeness (QED) is 0.268. The number of fused-ring (bicyclic) bond motifs is 6. The van der Waals surface area contributed by atoms with Gasteiger partial charge in [-0.3, -0.25) is 0 Å². The molecule has 7 fully saturated rings. The van der Waals surface area contributed by atoms with Crippen LogP contribution in [0.5, 0.6) is 0 Å². The number of cyclic esters (lactones) is 1. The molecule has 0 aromatic carbocycles. The lowest BCUT2D eigenvalue weighted by Gasteiger charge is -2.65. The molecule has 9 nitrogen and oxygen atoms in total. The first-order valence-electron chi connectivity index (χ1n) is 17.5. The molecule has 0 aromatic rings. The second-order valence-electron chi connectivity index (χ2n) is 16.0. The van der Waals surface area contributed by atoms with Crippen LogP contribution < -0.4 is 0 Å². The number of aldehydes is 1. The molecule has 0 amide bonds. The third-order valence-electron chi connectivity index (χ3n) is 14.1. The van der Waals surface area contributed by atoms with Gasteiger partial charge in [0.25, 0.3) is 0 Å². The van der Waals surface area contributed by atoms with Crippen molar-refractivity contribution in [2.75, 3.05) is 6.61 Å². The van der Waals surface area contributed by atoms with E-state index < -0.39 is 28.7 Å².